The number of allylic oxidation sites excluding steroid dienone is 1. The Kier molecular flexibility index (Phi) is 2.87. The molecule has 2 nitrogen and oxygen atoms in total. The largest absolute Gasteiger partial charge is 0.192 e. The normalized spacial score (nSPS) is 22.5. The van der Waals surface area contributed by atoms with Crippen molar-refractivity contribution in [2.75, 3.05) is 5.75 Å². The lowest BCUT2D eigenvalue weighted by Gasteiger charge is -1.93. The fourth-order valence-electron chi connectivity index (χ4n) is 0.691. The highest BCUT2D eigenvalue weighted by molar-refractivity contribution is 8.25. The average molecular weight is 182 g/mol. The van der Waals surface area contributed by atoms with Gasteiger partial charge in [0.25, 0.3) is 0 Å². The second kappa shape index (κ2) is 3.71. The summed E-state index contributed by atoms with van der Waals surface area (Å²) in [6.07, 6.45) is 0. The van der Waals surface area contributed by atoms with Gasteiger partial charge in [0, 0.05) is 11.0 Å². The van der Waals surface area contributed by atoms with Crippen LogP contribution in [0.1, 0.15) is 6.92 Å². The standard InChI is InChI=1S/C7H6N2S2/c1-5-4-10-7(11-5)6(2-8)3-9/h5H,4H2,1H3. The zero-order valence-corrected chi connectivity index (χ0v) is 7.63. The first-order chi connectivity index (χ1) is 5.27. The van der Waals surface area contributed by atoms with Crippen LogP contribution in [0.5, 0.6) is 0 Å². The van der Waals surface area contributed by atoms with Crippen molar-refractivity contribution in [3.63, 3.8) is 0 Å². The maximum absolute atomic E-state index is 8.52. The van der Waals surface area contributed by atoms with Gasteiger partial charge in [0.1, 0.15) is 17.7 Å². The van der Waals surface area contributed by atoms with Crippen LogP contribution in [-0.2, 0) is 0 Å². The van der Waals surface area contributed by atoms with E-state index in [1.165, 1.54) is 0 Å². The Hall–Kier alpha value is -0.580. The van der Waals surface area contributed by atoms with Crippen molar-refractivity contribution in [2.24, 2.45) is 0 Å². The summed E-state index contributed by atoms with van der Waals surface area (Å²) in [5.41, 5.74) is 0.268. The first-order valence-electron chi connectivity index (χ1n) is 3.12. The van der Waals surface area contributed by atoms with E-state index in [0.717, 1.165) is 9.99 Å². The summed E-state index contributed by atoms with van der Waals surface area (Å²) in [6.45, 7) is 2.09. The average Bonchev–Trinajstić information content (AvgIpc) is 2.39. The molecule has 1 rings (SSSR count). The van der Waals surface area contributed by atoms with Crippen LogP contribution in [0.25, 0.3) is 0 Å². The lowest BCUT2D eigenvalue weighted by atomic mass is 10.4. The van der Waals surface area contributed by atoms with Crippen LogP contribution in [0.4, 0.5) is 0 Å². The molecule has 11 heavy (non-hydrogen) atoms. The van der Waals surface area contributed by atoms with E-state index >= 15 is 0 Å². The van der Waals surface area contributed by atoms with Crippen LogP contribution >= 0.6 is 23.5 Å². The van der Waals surface area contributed by atoms with Gasteiger partial charge in [0.2, 0.25) is 0 Å². The molecule has 0 spiro atoms. The fraction of sp³-hybridized carbons (Fsp3) is 0.429. The number of thioether (sulfide) groups is 2. The third kappa shape index (κ3) is 1.92. The van der Waals surface area contributed by atoms with Gasteiger partial charge in [-0.1, -0.05) is 6.92 Å². The van der Waals surface area contributed by atoms with E-state index < -0.39 is 0 Å². The Morgan fingerprint density at radius 2 is 2.18 bits per heavy atom. The van der Waals surface area contributed by atoms with Gasteiger partial charge in [-0.2, -0.15) is 10.5 Å². The SMILES string of the molecule is CC1CSC(=C(C#N)C#N)S1. The molecule has 0 aromatic rings. The molecule has 0 aromatic heterocycles. The van der Waals surface area contributed by atoms with E-state index in [-0.39, 0.29) is 5.57 Å². The predicted molar refractivity (Wildman–Crippen MR) is 47.8 cm³/mol. The molecule has 1 atom stereocenters. The lowest BCUT2D eigenvalue weighted by molar-refractivity contribution is 1.15. The fourth-order valence-corrected chi connectivity index (χ4v) is 3.33. The molecule has 0 saturated carbocycles. The van der Waals surface area contributed by atoms with Crippen molar-refractivity contribution in [1.82, 2.24) is 0 Å². The molecule has 0 amide bonds. The van der Waals surface area contributed by atoms with Crippen LogP contribution in [0.3, 0.4) is 0 Å². The van der Waals surface area contributed by atoms with Crippen molar-refractivity contribution in [2.45, 2.75) is 12.2 Å². The quantitative estimate of drug-likeness (QED) is 0.538. The van der Waals surface area contributed by atoms with Gasteiger partial charge in [-0.25, -0.2) is 0 Å². The third-order valence-corrected chi connectivity index (χ3v) is 4.16. The van der Waals surface area contributed by atoms with Gasteiger partial charge in [-0.05, 0) is 0 Å². The minimum Gasteiger partial charge on any atom is -0.192 e. The maximum atomic E-state index is 8.52. The summed E-state index contributed by atoms with van der Waals surface area (Å²) in [6, 6.07) is 3.78. The molecule has 1 fully saturated rings. The number of nitriles is 2. The molecule has 56 valence electrons. The smallest absolute Gasteiger partial charge is 0.149 e. The minimum absolute atomic E-state index is 0.268. The Bertz CT molecular complexity index is 253. The van der Waals surface area contributed by atoms with Gasteiger partial charge < -0.3 is 0 Å². The summed E-state index contributed by atoms with van der Waals surface area (Å²) >= 11 is 3.23. The summed E-state index contributed by atoms with van der Waals surface area (Å²) < 4.78 is 0.891. The van der Waals surface area contributed by atoms with E-state index in [4.69, 9.17) is 10.5 Å². The second-order valence-electron chi connectivity index (χ2n) is 2.13. The van der Waals surface area contributed by atoms with Crippen LogP contribution in [-0.4, -0.2) is 11.0 Å². The number of hydrogen-bond donors (Lipinski definition) is 0. The Labute approximate surface area is 74.3 Å². The summed E-state index contributed by atoms with van der Waals surface area (Å²) in [5, 5.41) is 17.6. The van der Waals surface area contributed by atoms with E-state index in [1.807, 2.05) is 12.1 Å². The highest BCUT2D eigenvalue weighted by atomic mass is 32.2. The molecule has 1 heterocycles. The molecule has 0 radical (unpaired) electrons. The molecule has 0 bridgehead atoms. The molecule has 0 N–H and O–H groups in total. The van der Waals surface area contributed by atoms with Crippen molar-refractivity contribution < 1.29 is 0 Å². The van der Waals surface area contributed by atoms with E-state index in [0.29, 0.717) is 5.25 Å². The highest BCUT2D eigenvalue weighted by Crippen LogP contribution is 2.42. The zero-order valence-electron chi connectivity index (χ0n) is 6.00. The molecule has 0 aliphatic carbocycles. The van der Waals surface area contributed by atoms with Gasteiger partial charge in [-0.15, -0.1) is 23.5 Å². The van der Waals surface area contributed by atoms with Gasteiger partial charge >= 0.3 is 0 Å². The van der Waals surface area contributed by atoms with Crippen molar-refractivity contribution >= 4 is 23.5 Å². The predicted octanol–water partition coefficient (Wildman–Crippen LogP) is 2.11. The topological polar surface area (TPSA) is 47.6 Å². The Balaban J connectivity index is 2.83. The zero-order chi connectivity index (χ0) is 8.27. The molecular weight excluding hydrogens is 176 g/mol. The van der Waals surface area contributed by atoms with E-state index in [1.54, 1.807) is 23.5 Å². The van der Waals surface area contributed by atoms with Crippen LogP contribution in [0.2, 0.25) is 0 Å². The molecular formula is C7H6N2S2. The van der Waals surface area contributed by atoms with Gasteiger partial charge in [0.05, 0.1) is 4.24 Å². The number of nitrogens with zero attached hydrogens (tertiary/aromatic N) is 2. The van der Waals surface area contributed by atoms with Crippen molar-refractivity contribution in [1.29, 1.82) is 10.5 Å². The van der Waals surface area contributed by atoms with Crippen LogP contribution < -0.4 is 0 Å². The third-order valence-electron chi connectivity index (χ3n) is 1.19. The van der Waals surface area contributed by atoms with Crippen molar-refractivity contribution in [3.8, 4) is 12.1 Å². The first kappa shape index (κ1) is 8.52. The summed E-state index contributed by atoms with van der Waals surface area (Å²) in [7, 11) is 0. The molecule has 0 aromatic carbocycles. The van der Waals surface area contributed by atoms with E-state index in [9.17, 15) is 0 Å². The number of rotatable bonds is 0. The van der Waals surface area contributed by atoms with Crippen LogP contribution in [0.15, 0.2) is 9.81 Å². The molecule has 1 aliphatic rings. The van der Waals surface area contributed by atoms with Crippen LogP contribution in [0, 0.1) is 22.7 Å². The summed E-state index contributed by atoms with van der Waals surface area (Å²) in [4.78, 5) is 0. The van der Waals surface area contributed by atoms with Gasteiger partial charge in [-0.3, -0.25) is 0 Å². The molecule has 1 saturated heterocycles. The Morgan fingerprint density at radius 3 is 2.55 bits per heavy atom. The Morgan fingerprint density at radius 1 is 1.55 bits per heavy atom. The molecule has 4 heteroatoms. The second-order valence-corrected chi connectivity index (χ2v) is 4.86. The molecule has 1 aliphatic heterocycles. The number of hydrogen-bond acceptors (Lipinski definition) is 4. The van der Waals surface area contributed by atoms with Gasteiger partial charge in [0.15, 0.2) is 0 Å². The maximum Gasteiger partial charge on any atom is 0.149 e. The van der Waals surface area contributed by atoms with E-state index in [2.05, 4.69) is 6.92 Å². The molecule has 1 unspecified atom stereocenters. The summed E-state index contributed by atoms with van der Waals surface area (Å²) in [5.74, 6) is 1.01. The monoisotopic (exact) mass is 182 g/mol. The minimum atomic E-state index is 0.268. The van der Waals surface area contributed by atoms with Crippen molar-refractivity contribution in [3.05, 3.63) is 9.81 Å². The highest BCUT2D eigenvalue weighted by Gasteiger charge is 2.19. The first-order valence-corrected chi connectivity index (χ1v) is 4.98. The lowest BCUT2D eigenvalue weighted by Crippen LogP contribution is -1.88.